The van der Waals surface area contributed by atoms with Crippen LogP contribution in [-0.4, -0.2) is 28.5 Å². The second-order valence-corrected chi connectivity index (χ2v) is 8.56. The van der Waals surface area contributed by atoms with Gasteiger partial charge < -0.3 is 14.9 Å². The van der Waals surface area contributed by atoms with Gasteiger partial charge in [0.2, 0.25) is 0 Å². The van der Waals surface area contributed by atoms with Crippen LogP contribution in [0.25, 0.3) is 0 Å². The summed E-state index contributed by atoms with van der Waals surface area (Å²) >= 11 is 0. The second kappa shape index (κ2) is 7.61. The van der Waals surface area contributed by atoms with Crippen LogP contribution >= 0.6 is 0 Å². The van der Waals surface area contributed by atoms with E-state index in [1.807, 2.05) is 13.0 Å². The minimum Gasteiger partial charge on any atom is -0.498 e. The zero-order valence-electron chi connectivity index (χ0n) is 16.2. The van der Waals surface area contributed by atoms with Crippen molar-refractivity contribution < 1.29 is 14.9 Å². The van der Waals surface area contributed by atoms with Gasteiger partial charge in [-0.15, -0.1) is 0 Å². The molecule has 2 N–H and O–H groups in total. The van der Waals surface area contributed by atoms with E-state index in [0.717, 1.165) is 49.9 Å². The van der Waals surface area contributed by atoms with Crippen molar-refractivity contribution in [2.75, 3.05) is 6.61 Å². The highest BCUT2D eigenvalue weighted by Gasteiger charge is 2.44. The van der Waals surface area contributed by atoms with Crippen LogP contribution in [0.2, 0.25) is 0 Å². The number of hydrogen-bond acceptors (Lipinski definition) is 3. The fraction of sp³-hybridized carbons (Fsp3) is 0.810. The average molecular weight is 337 g/mol. The minimum absolute atomic E-state index is 0.0133. The molecule has 0 saturated heterocycles. The molecule has 2 aliphatic carbocycles. The number of ether oxygens (including phenoxy) is 1. The van der Waals surface area contributed by atoms with Gasteiger partial charge in [0.05, 0.1) is 24.1 Å². The Balaban J connectivity index is 2.17. The van der Waals surface area contributed by atoms with E-state index in [0.29, 0.717) is 6.61 Å². The van der Waals surface area contributed by atoms with E-state index in [1.54, 1.807) is 0 Å². The highest BCUT2D eigenvalue weighted by molar-refractivity contribution is 5.29. The first-order chi connectivity index (χ1) is 11.2. The number of allylic oxidation sites excluding steroid dienone is 2. The van der Waals surface area contributed by atoms with Gasteiger partial charge in [0.1, 0.15) is 0 Å². The Morgan fingerprint density at radius 1 is 1.29 bits per heavy atom. The summed E-state index contributed by atoms with van der Waals surface area (Å²) in [6, 6.07) is 0. The van der Waals surface area contributed by atoms with Crippen molar-refractivity contribution in [3.05, 3.63) is 23.0 Å². The van der Waals surface area contributed by atoms with E-state index >= 15 is 0 Å². The molecule has 0 bridgehead atoms. The summed E-state index contributed by atoms with van der Waals surface area (Å²) in [4.78, 5) is 0. The number of unbranched alkanes of at least 4 members (excludes halogenated alkanes) is 1. The number of hydrogen-bond donors (Lipinski definition) is 2. The molecule has 3 unspecified atom stereocenters. The van der Waals surface area contributed by atoms with Crippen LogP contribution in [0.1, 0.15) is 79.6 Å². The van der Waals surface area contributed by atoms with E-state index in [1.165, 1.54) is 12.0 Å². The highest BCUT2D eigenvalue weighted by atomic mass is 16.5. The van der Waals surface area contributed by atoms with Crippen molar-refractivity contribution in [2.45, 2.75) is 91.3 Å². The summed E-state index contributed by atoms with van der Waals surface area (Å²) in [5.74, 6) is 0.712. The molecular weight excluding hydrogens is 300 g/mol. The Bertz CT molecular complexity index is 499. The third-order valence-corrected chi connectivity index (χ3v) is 5.91. The summed E-state index contributed by atoms with van der Waals surface area (Å²) in [5.41, 5.74) is 1.45. The lowest BCUT2D eigenvalue weighted by Crippen LogP contribution is -2.46. The van der Waals surface area contributed by atoms with Crippen molar-refractivity contribution >= 4 is 0 Å². The molecule has 3 atom stereocenters. The van der Waals surface area contributed by atoms with Gasteiger partial charge in [-0.1, -0.05) is 32.8 Å². The standard InChI is InChI=1S/C21H36O3/c1-6-7-13-24-16-10-11-17(21(5,23)14-16)19(22)18-15(2)9-8-12-20(18,3)4/h14,17,19,22-23H,6-13H2,1-5H3. The first-order valence-corrected chi connectivity index (χ1v) is 9.64. The van der Waals surface area contributed by atoms with Crippen LogP contribution < -0.4 is 0 Å². The molecule has 0 aromatic heterocycles. The molecule has 0 aromatic rings. The van der Waals surface area contributed by atoms with E-state index in [2.05, 4.69) is 27.7 Å². The molecule has 0 fully saturated rings. The van der Waals surface area contributed by atoms with E-state index in [-0.39, 0.29) is 11.3 Å². The molecule has 138 valence electrons. The first kappa shape index (κ1) is 19.5. The molecule has 0 amide bonds. The number of aliphatic hydroxyl groups excluding tert-OH is 1. The van der Waals surface area contributed by atoms with E-state index < -0.39 is 11.7 Å². The SMILES string of the molecule is CCCCOC1=CC(C)(O)C(C(O)C2=C(C)CCCC2(C)C)CC1. The molecule has 0 aromatic carbocycles. The lowest BCUT2D eigenvalue weighted by Gasteiger charge is -2.44. The third-order valence-electron chi connectivity index (χ3n) is 5.91. The summed E-state index contributed by atoms with van der Waals surface area (Å²) in [6.45, 7) is 11.3. The molecule has 0 saturated carbocycles. The maximum Gasteiger partial charge on any atom is 0.0948 e. The Kier molecular flexibility index (Phi) is 6.19. The van der Waals surface area contributed by atoms with Crippen LogP contribution in [0.4, 0.5) is 0 Å². The minimum atomic E-state index is -1.03. The van der Waals surface area contributed by atoms with Gasteiger partial charge in [0, 0.05) is 12.3 Å². The monoisotopic (exact) mass is 336 g/mol. The third kappa shape index (κ3) is 4.23. The van der Waals surface area contributed by atoms with Gasteiger partial charge in [0.15, 0.2) is 0 Å². The van der Waals surface area contributed by atoms with Gasteiger partial charge in [0.25, 0.3) is 0 Å². The Morgan fingerprint density at radius 3 is 2.58 bits per heavy atom. The molecule has 0 heterocycles. The van der Waals surface area contributed by atoms with Gasteiger partial charge >= 0.3 is 0 Å². The van der Waals surface area contributed by atoms with Crippen LogP contribution in [0.3, 0.4) is 0 Å². The maximum absolute atomic E-state index is 11.2. The predicted molar refractivity (Wildman–Crippen MR) is 98.6 cm³/mol. The molecule has 24 heavy (non-hydrogen) atoms. The van der Waals surface area contributed by atoms with Gasteiger partial charge in [-0.05, 0) is 63.0 Å². The zero-order chi connectivity index (χ0) is 18.0. The molecule has 3 heteroatoms. The largest absolute Gasteiger partial charge is 0.498 e. The smallest absolute Gasteiger partial charge is 0.0948 e. The van der Waals surface area contributed by atoms with Crippen LogP contribution in [0.5, 0.6) is 0 Å². The normalized spacial score (nSPS) is 31.6. The van der Waals surface area contributed by atoms with Crippen molar-refractivity contribution in [3.8, 4) is 0 Å². The second-order valence-electron chi connectivity index (χ2n) is 8.56. The fourth-order valence-electron chi connectivity index (χ4n) is 4.53. The van der Waals surface area contributed by atoms with Crippen molar-refractivity contribution in [1.29, 1.82) is 0 Å². The van der Waals surface area contributed by atoms with Crippen LogP contribution in [-0.2, 0) is 4.74 Å². The summed E-state index contributed by atoms with van der Waals surface area (Å²) in [6.07, 6.45) is 8.31. The van der Waals surface area contributed by atoms with Crippen LogP contribution in [0.15, 0.2) is 23.0 Å². The molecule has 3 nitrogen and oxygen atoms in total. The predicted octanol–water partition coefficient (Wildman–Crippen LogP) is 4.74. The fourth-order valence-corrected chi connectivity index (χ4v) is 4.53. The van der Waals surface area contributed by atoms with Crippen molar-refractivity contribution in [3.63, 3.8) is 0 Å². The molecular formula is C21H36O3. The molecule has 2 aliphatic rings. The highest BCUT2D eigenvalue weighted by Crippen LogP contribution is 2.46. The topological polar surface area (TPSA) is 49.7 Å². The van der Waals surface area contributed by atoms with E-state index in [9.17, 15) is 10.2 Å². The van der Waals surface area contributed by atoms with Crippen molar-refractivity contribution in [2.24, 2.45) is 11.3 Å². The van der Waals surface area contributed by atoms with Crippen LogP contribution in [0, 0.1) is 11.3 Å². The molecule has 2 rings (SSSR count). The Morgan fingerprint density at radius 2 is 2.00 bits per heavy atom. The average Bonchev–Trinajstić information content (AvgIpc) is 2.45. The number of aliphatic hydroxyl groups is 2. The lowest BCUT2D eigenvalue weighted by atomic mass is 9.65. The van der Waals surface area contributed by atoms with Gasteiger partial charge in [-0.2, -0.15) is 0 Å². The Labute approximate surface area is 147 Å². The lowest BCUT2D eigenvalue weighted by molar-refractivity contribution is -0.0366. The molecule has 0 aliphatic heterocycles. The zero-order valence-corrected chi connectivity index (χ0v) is 16.2. The molecule has 0 radical (unpaired) electrons. The quantitative estimate of drug-likeness (QED) is 0.544. The van der Waals surface area contributed by atoms with Gasteiger partial charge in [-0.25, -0.2) is 0 Å². The maximum atomic E-state index is 11.2. The number of rotatable bonds is 6. The summed E-state index contributed by atoms with van der Waals surface area (Å²) < 4.78 is 5.80. The van der Waals surface area contributed by atoms with Crippen molar-refractivity contribution in [1.82, 2.24) is 0 Å². The van der Waals surface area contributed by atoms with E-state index in [4.69, 9.17) is 4.74 Å². The van der Waals surface area contributed by atoms with Gasteiger partial charge in [-0.3, -0.25) is 0 Å². The molecule has 0 spiro atoms. The Hall–Kier alpha value is -0.800. The summed E-state index contributed by atoms with van der Waals surface area (Å²) in [5, 5.41) is 22.1. The summed E-state index contributed by atoms with van der Waals surface area (Å²) in [7, 11) is 0. The first-order valence-electron chi connectivity index (χ1n) is 9.64.